The molecule has 2 aromatic rings. The van der Waals surface area contributed by atoms with E-state index in [0.29, 0.717) is 0 Å². The zero-order chi connectivity index (χ0) is 11.5. The van der Waals surface area contributed by atoms with Crippen molar-refractivity contribution in [2.24, 2.45) is 0 Å². The van der Waals surface area contributed by atoms with Crippen LogP contribution >= 0.6 is 0 Å². The molecule has 0 aliphatic heterocycles. The molecule has 0 unspecified atom stereocenters. The molecule has 2 rings (SSSR count). The maximum Gasteiger partial charge on any atom is 0.255 e. The zero-order valence-corrected chi connectivity index (χ0v) is 8.22. The van der Waals surface area contributed by atoms with E-state index in [4.69, 9.17) is 5.26 Å². The predicted molar refractivity (Wildman–Crippen MR) is 56.7 cm³/mol. The number of rotatable bonds is 1. The molecular formula is C12H7FN2O. The van der Waals surface area contributed by atoms with Gasteiger partial charge in [0.1, 0.15) is 5.82 Å². The highest BCUT2D eigenvalue weighted by Crippen LogP contribution is 2.12. The Morgan fingerprint density at radius 1 is 1.25 bits per heavy atom. The number of benzene rings is 1. The lowest BCUT2D eigenvalue weighted by molar-refractivity contribution is 0.615. The molecule has 1 heterocycles. The topological polar surface area (TPSA) is 45.8 Å². The summed E-state index contributed by atoms with van der Waals surface area (Å²) >= 11 is 0. The van der Waals surface area contributed by atoms with Crippen molar-refractivity contribution in [3.05, 3.63) is 64.3 Å². The van der Waals surface area contributed by atoms with Crippen LogP contribution in [0.15, 0.2) is 47.4 Å². The molecule has 0 aliphatic carbocycles. The smallest absolute Gasteiger partial charge is 0.255 e. The third-order valence-electron chi connectivity index (χ3n) is 2.16. The van der Waals surface area contributed by atoms with Crippen LogP contribution in [0.4, 0.5) is 4.39 Å². The first-order chi connectivity index (χ1) is 7.72. The minimum absolute atomic E-state index is 0.143. The monoisotopic (exact) mass is 214 g/mol. The Morgan fingerprint density at radius 3 is 2.69 bits per heavy atom. The second kappa shape index (κ2) is 3.99. The predicted octanol–water partition coefficient (Wildman–Crippen LogP) is 1.85. The second-order valence-electron chi connectivity index (χ2n) is 3.19. The molecule has 0 fully saturated rings. The van der Waals surface area contributed by atoms with Crippen molar-refractivity contribution in [2.75, 3.05) is 0 Å². The van der Waals surface area contributed by atoms with Crippen LogP contribution in [0.1, 0.15) is 5.56 Å². The van der Waals surface area contributed by atoms with Crippen LogP contribution in [0.5, 0.6) is 0 Å². The fourth-order valence-electron chi connectivity index (χ4n) is 1.40. The maximum atomic E-state index is 13.6. The molecule has 3 nitrogen and oxygen atoms in total. The van der Waals surface area contributed by atoms with Gasteiger partial charge in [0.2, 0.25) is 0 Å². The largest absolute Gasteiger partial charge is 0.281 e. The number of nitrogens with zero attached hydrogens (tertiary/aromatic N) is 2. The van der Waals surface area contributed by atoms with Crippen molar-refractivity contribution in [3.63, 3.8) is 0 Å². The quantitative estimate of drug-likeness (QED) is 0.727. The van der Waals surface area contributed by atoms with Gasteiger partial charge < -0.3 is 0 Å². The van der Waals surface area contributed by atoms with Gasteiger partial charge >= 0.3 is 0 Å². The molecule has 0 atom stereocenters. The third-order valence-corrected chi connectivity index (χ3v) is 2.16. The van der Waals surface area contributed by atoms with Crippen LogP contribution in [0.3, 0.4) is 0 Å². The fraction of sp³-hybridized carbons (Fsp3) is 0. The van der Waals surface area contributed by atoms with Gasteiger partial charge in [0.15, 0.2) is 0 Å². The van der Waals surface area contributed by atoms with E-state index in [1.807, 2.05) is 6.07 Å². The molecular weight excluding hydrogens is 207 g/mol. The maximum absolute atomic E-state index is 13.6. The molecule has 0 spiro atoms. The molecule has 16 heavy (non-hydrogen) atoms. The molecule has 4 heteroatoms. The first kappa shape index (κ1) is 10.1. The van der Waals surface area contributed by atoms with Crippen LogP contribution in [0.2, 0.25) is 0 Å². The summed E-state index contributed by atoms with van der Waals surface area (Å²) in [5.74, 6) is -0.590. The van der Waals surface area contributed by atoms with Gasteiger partial charge in [-0.05, 0) is 24.3 Å². The van der Waals surface area contributed by atoms with E-state index >= 15 is 0 Å². The Labute approximate surface area is 91.0 Å². The molecule has 0 saturated carbocycles. The fourth-order valence-corrected chi connectivity index (χ4v) is 1.40. The number of halogens is 1. The molecule has 78 valence electrons. The van der Waals surface area contributed by atoms with E-state index in [2.05, 4.69) is 0 Å². The molecule has 0 N–H and O–H groups in total. The van der Waals surface area contributed by atoms with Crippen molar-refractivity contribution in [3.8, 4) is 11.8 Å². The minimum Gasteiger partial charge on any atom is -0.281 e. The van der Waals surface area contributed by atoms with E-state index in [0.717, 1.165) is 6.07 Å². The van der Waals surface area contributed by atoms with Crippen molar-refractivity contribution in [1.29, 1.82) is 5.26 Å². The Bertz CT molecular complexity index is 625. The van der Waals surface area contributed by atoms with Gasteiger partial charge in [-0.1, -0.05) is 6.07 Å². The lowest BCUT2D eigenvalue weighted by Gasteiger charge is -2.05. The number of hydrogen-bond acceptors (Lipinski definition) is 2. The number of pyridine rings is 1. The summed E-state index contributed by atoms with van der Waals surface area (Å²) < 4.78 is 14.8. The van der Waals surface area contributed by atoms with Crippen molar-refractivity contribution in [2.45, 2.75) is 0 Å². The third kappa shape index (κ3) is 1.71. The first-order valence-electron chi connectivity index (χ1n) is 4.60. The summed E-state index contributed by atoms with van der Waals surface area (Å²) in [6, 6.07) is 10.4. The highest BCUT2D eigenvalue weighted by atomic mass is 19.1. The summed E-state index contributed by atoms with van der Waals surface area (Å²) in [5, 5.41) is 8.59. The summed E-state index contributed by atoms with van der Waals surface area (Å²) in [7, 11) is 0. The van der Waals surface area contributed by atoms with Crippen LogP contribution in [0.25, 0.3) is 5.69 Å². The molecule has 0 bridgehead atoms. The zero-order valence-electron chi connectivity index (χ0n) is 8.22. The second-order valence-corrected chi connectivity index (χ2v) is 3.19. The van der Waals surface area contributed by atoms with Crippen LogP contribution in [-0.4, -0.2) is 4.57 Å². The highest BCUT2D eigenvalue weighted by Gasteiger charge is 2.06. The van der Waals surface area contributed by atoms with E-state index in [9.17, 15) is 9.18 Å². The van der Waals surface area contributed by atoms with Crippen molar-refractivity contribution < 1.29 is 4.39 Å². The summed E-state index contributed by atoms with van der Waals surface area (Å²) in [4.78, 5) is 11.5. The van der Waals surface area contributed by atoms with Gasteiger partial charge in [0, 0.05) is 12.3 Å². The normalized spacial score (nSPS) is 9.75. The highest BCUT2D eigenvalue weighted by molar-refractivity contribution is 5.40. The lowest BCUT2D eigenvalue weighted by Crippen LogP contribution is -2.16. The van der Waals surface area contributed by atoms with Crippen molar-refractivity contribution >= 4 is 0 Å². The standard InChI is InChI=1S/C12H7FN2O/c13-10-7-9(8-14)4-5-11(10)15-6-2-1-3-12(15)16/h1-7H. The Hall–Kier alpha value is -2.41. The van der Waals surface area contributed by atoms with Crippen LogP contribution in [-0.2, 0) is 0 Å². The molecule has 0 radical (unpaired) electrons. The summed E-state index contributed by atoms with van der Waals surface area (Å²) in [6.07, 6.45) is 1.48. The summed E-state index contributed by atoms with van der Waals surface area (Å²) in [5.41, 5.74) is 0.0564. The van der Waals surface area contributed by atoms with Gasteiger partial charge in [-0.25, -0.2) is 4.39 Å². The van der Waals surface area contributed by atoms with Gasteiger partial charge in [-0.15, -0.1) is 0 Å². The molecule has 0 amide bonds. The number of nitriles is 1. The van der Waals surface area contributed by atoms with Gasteiger partial charge in [0.25, 0.3) is 5.56 Å². The Balaban J connectivity index is 2.63. The Morgan fingerprint density at radius 2 is 2.06 bits per heavy atom. The van der Waals surface area contributed by atoms with Crippen LogP contribution in [0, 0.1) is 17.1 Å². The van der Waals surface area contributed by atoms with Gasteiger partial charge in [-0.2, -0.15) is 5.26 Å². The van der Waals surface area contributed by atoms with E-state index in [1.54, 1.807) is 12.1 Å². The summed E-state index contributed by atoms with van der Waals surface area (Å²) in [6.45, 7) is 0. The molecule has 0 saturated heterocycles. The minimum atomic E-state index is -0.590. The molecule has 1 aromatic carbocycles. The lowest BCUT2D eigenvalue weighted by atomic mass is 10.2. The first-order valence-corrected chi connectivity index (χ1v) is 4.60. The van der Waals surface area contributed by atoms with Gasteiger partial charge in [-0.3, -0.25) is 9.36 Å². The number of aromatic nitrogens is 1. The van der Waals surface area contributed by atoms with Crippen molar-refractivity contribution in [1.82, 2.24) is 4.57 Å². The SMILES string of the molecule is N#Cc1ccc(-n2ccccc2=O)c(F)c1. The van der Waals surface area contributed by atoms with Crippen LogP contribution < -0.4 is 5.56 Å². The van der Waals surface area contributed by atoms with E-state index in [-0.39, 0.29) is 16.8 Å². The van der Waals surface area contributed by atoms with E-state index in [1.165, 1.54) is 29.0 Å². The van der Waals surface area contributed by atoms with E-state index < -0.39 is 5.82 Å². The molecule has 1 aromatic heterocycles. The average Bonchev–Trinajstić information content (AvgIpc) is 2.30. The molecule has 0 aliphatic rings. The Kier molecular flexibility index (Phi) is 2.52. The average molecular weight is 214 g/mol. The number of hydrogen-bond donors (Lipinski definition) is 0. The van der Waals surface area contributed by atoms with Gasteiger partial charge in [0.05, 0.1) is 17.3 Å².